The summed E-state index contributed by atoms with van der Waals surface area (Å²) in [6, 6.07) is 3.85. The number of aromatic nitrogens is 2. The van der Waals surface area contributed by atoms with Gasteiger partial charge in [-0.15, -0.1) is 10.2 Å². The van der Waals surface area contributed by atoms with Crippen molar-refractivity contribution in [1.29, 1.82) is 0 Å². The molecular weight excluding hydrogens is 419 g/mol. The molecule has 2 aromatic rings. The number of alkyl halides is 3. The van der Waals surface area contributed by atoms with Crippen molar-refractivity contribution in [2.75, 3.05) is 11.9 Å². The van der Waals surface area contributed by atoms with Gasteiger partial charge in [0.15, 0.2) is 5.82 Å². The van der Waals surface area contributed by atoms with Gasteiger partial charge in [0.2, 0.25) is 0 Å². The molecule has 0 bridgehead atoms. The van der Waals surface area contributed by atoms with Crippen molar-refractivity contribution in [3.63, 3.8) is 0 Å². The van der Waals surface area contributed by atoms with Gasteiger partial charge in [-0.2, -0.15) is 13.2 Å². The van der Waals surface area contributed by atoms with Gasteiger partial charge in [-0.05, 0) is 48.9 Å². The minimum atomic E-state index is -4.43. The number of aliphatic hydroxyl groups excluding tert-OH is 1. The molecule has 3 rings (SSSR count). The van der Waals surface area contributed by atoms with E-state index in [9.17, 15) is 18.3 Å². The van der Waals surface area contributed by atoms with Gasteiger partial charge in [0, 0.05) is 23.8 Å². The number of fused-ring (bicyclic) bond motifs is 3. The molecule has 176 valence electrons. The van der Waals surface area contributed by atoms with Crippen LogP contribution in [0.3, 0.4) is 0 Å². The maximum absolute atomic E-state index is 13.2. The van der Waals surface area contributed by atoms with Crippen molar-refractivity contribution in [2.24, 2.45) is 0 Å². The van der Waals surface area contributed by atoms with E-state index in [1.165, 1.54) is 6.07 Å². The fourth-order valence-electron chi connectivity index (χ4n) is 4.14. The highest BCUT2D eigenvalue weighted by atomic mass is 19.4. The number of rotatable bonds is 8. The van der Waals surface area contributed by atoms with Crippen LogP contribution in [-0.2, 0) is 30.5 Å². The third-order valence-corrected chi connectivity index (χ3v) is 5.99. The number of anilines is 1. The summed E-state index contributed by atoms with van der Waals surface area (Å²) in [7, 11) is 0. The summed E-state index contributed by atoms with van der Waals surface area (Å²) >= 11 is 0. The zero-order chi connectivity index (χ0) is 23.1. The fraction of sp³-hybridized carbons (Fsp3) is 0.583. The van der Waals surface area contributed by atoms with Crippen LogP contribution in [0.2, 0.25) is 0 Å². The molecule has 0 radical (unpaired) electrons. The lowest BCUT2D eigenvalue weighted by atomic mass is 9.94. The largest absolute Gasteiger partial charge is 0.416 e. The maximum atomic E-state index is 13.2. The first-order valence-electron chi connectivity index (χ1n) is 11.4. The Bertz CT molecular complexity index is 903. The molecule has 5 nitrogen and oxygen atoms in total. The minimum absolute atomic E-state index is 0.0736. The first-order valence-corrected chi connectivity index (χ1v) is 11.4. The predicted molar refractivity (Wildman–Crippen MR) is 118 cm³/mol. The normalized spacial score (nSPS) is 15.2. The third-order valence-electron chi connectivity index (χ3n) is 5.99. The van der Waals surface area contributed by atoms with Gasteiger partial charge in [-0.3, -0.25) is 0 Å². The topological polar surface area (TPSA) is 67.3 Å². The van der Waals surface area contributed by atoms with Crippen molar-refractivity contribution in [1.82, 2.24) is 10.2 Å². The molecule has 1 aliphatic rings. The molecular formula is C24H32F3N3O2. The van der Waals surface area contributed by atoms with Crippen LogP contribution in [0.15, 0.2) is 18.2 Å². The van der Waals surface area contributed by atoms with Crippen LogP contribution in [0.4, 0.5) is 19.0 Å². The predicted octanol–water partition coefficient (Wildman–Crippen LogP) is 5.89. The molecule has 0 spiro atoms. The molecule has 0 amide bonds. The maximum Gasteiger partial charge on any atom is 0.416 e. The SMILES string of the molecule is CCCCCC(CC)Nc1nnc2c(c1CO)CCCOCc1cc(C(F)(F)F)ccc1-2. The Hall–Kier alpha value is -2.19. The molecule has 8 heteroatoms. The van der Waals surface area contributed by atoms with E-state index in [1.807, 2.05) is 0 Å². The highest BCUT2D eigenvalue weighted by Crippen LogP contribution is 2.36. The summed E-state index contributed by atoms with van der Waals surface area (Å²) in [6.45, 7) is 4.55. The van der Waals surface area contributed by atoms with Gasteiger partial charge < -0.3 is 15.2 Å². The molecule has 0 saturated carbocycles. The number of halogens is 3. The van der Waals surface area contributed by atoms with Gasteiger partial charge in [0.05, 0.1) is 24.5 Å². The highest BCUT2D eigenvalue weighted by molar-refractivity contribution is 5.70. The van der Waals surface area contributed by atoms with Crippen LogP contribution >= 0.6 is 0 Å². The number of hydrogen-bond acceptors (Lipinski definition) is 5. The van der Waals surface area contributed by atoms with E-state index < -0.39 is 11.7 Å². The quantitative estimate of drug-likeness (QED) is 0.490. The van der Waals surface area contributed by atoms with E-state index in [2.05, 4.69) is 29.4 Å². The molecule has 1 unspecified atom stereocenters. The second kappa shape index (κ2) is 11.1. The van der Waals surface area contributed by atoms with Gasteiger partial charge in [0.25, 0.3) is 0 Å². The highest BCUT2D eigenvalue weighted by Gasteiger charge is 2.32. The molecule has 32 heavy (non-hydrogen) atoms. The molecule has 0 fully saturated rings. The monoisotopic (exact) mass is 451 g/mol. The Labute approximate surface area is 187 Å². The van der Waals surface area contributed by atoms with Crippen molar-refractivity contribution in [3.05, 3.63) is 40.5 Å². The Balaban J connectivity index is 2.02. The second-order valence-electron chi connectivity index (χ2n) is 8.28. The van der Waals surface area contributed by atoms with E-state index >= 15 is 0 Å². The summed E-state index contributed by atoms with van der Waals surface area (Å²) in [5.74, 6) is 0.559. The number of benzene rings is 1. The van der Waals surface area contributed by atoms with Gasteiger partial charge in [0.1, 0.15) is 0 Å². The molecule has 1 atom stereocenters. The number of hydrogen-bond donors (Lipinski definition) is 2. The first-order chi connectivity index (χ1) is 15.4. The van der Waals surface area contributed by atoms with Crippen LogP contribution in [0.1, 0.15) is 74.6 Å². The molecule has 0 aliphatic carbocycles. The van der Waals surface area contributed by atoms with Crippen LogP contribution in [0, 0.1) is 0 Å². The Morgan fingerprint density at radius 1 is 1.19 bits per heavy atom. The summed E-state index contributed by atoms with van der Waals surface area (Å²) in [5, 5.41) is 22.5. The van der Waals surface area contributed by atoms with Crippen LogP contribution < -0.4 is 5.32 Å². The van der Waals surface area contributed by atoms with Crippen molar-refractivity contribution >= 4 is 5.82 Å². The van der Waals surface area contributed by atoms with Crippen LogP contribution in [-0.4, -0.2) is 28.0 Å². The lowest BCUT2D eigenvalue weighted by Crippen LogP contribution is -2.21. The smallest absolute Gasteiger partial charge is 0.392 e. The Morgan fingerprint density at radius 2 is 2.00 bits per heavy atom. The lowest BCUT2D eigenvalue weighted by Gasteiger charge is -2.22. The summed E-state index contributed by atoms with van der Waals surface area (Å²) in [5.41, 5.74) is 2.28. The average Bonchev–Trinajstić information content (AvgIpc) is 2.86. The summed E-state index contributed by atoms with van der Waals surface area (Å²) in [6.07, 6.45) is 2.20. The lowest BCUT2D eigenvalue weighted by molar-refractivity contribution is -0.137. The zero-order valence-corrected chi connectivity index (χ0v) is 18.8. The fourth-order valence-corrected chi connectivity index (χ4v) is 4.14. The Morgan fingerprint density at radius 3 is 2.69 bits per heavy atom. The number of ether oxygens (including phenoxy) is 1. The number of nitrogens with one attached hydrogen (secondary N) is 1. The van der Waals surface area contributed by atoms with Crippen LogP contribution in [0.25, 0.3) is 11.3 Å². The van der Waals surface area contributed by atoms with E-state index in [1.54, 1.807) is 0 Å². The van der Waals surface area contributed by atoms with Crippen molar-refractivity contribution in [2.45, 2.75) is 84.2 Å². The van der Waals surface area contributed by atoms with Crippen LogP contribution in [0.5, 0.6) is 0 Å². The molecule has 1 aromatic heterocycles. The summed E-state index contributed by atoms with van der Waals surface area (Å²) < 4.78 is 45.4. The van der Waals surface area contributed by atoms with E-state index in [4.69, 9.17) is 4.74 Å². The zero-order valence-electron chi connectivity index (χ0n) is 18.8. The third kappa shape index (κ3) is 5.78. The summed E-state index contributed by atoms with van der Waals surface area (Å²) in [4.78, 5) is 0. The molecule has 2 heterocycles. The van der Waals surface area contributed by atoms with Gasteiger partial charge in [-0.1, -0.05) is 39.2 Å². The molecule has 2 N–H and O–H groups in total. The van der Waals surface area contributed by atoms with Gasteiger partial charge >= 0.3 is 6.18 Å². The van der Waals surface area contributed by atoms with Gasteiger partial charge in [-0.25, -0.2) is 0 Å². The van der Waals surface area contributed by atoms with E-state index in [0.29, 0.717) is 47.7 Å². The van der Waals surface area contributed by atoms with Crippen molar-refractivity contribution in [3.8, 4) is 11.3 Å². The number of aliphatic hydroxyl groups is 1. The molecule has 1 aromatic carbocycles. The second-order valence-corrected chi connectivity index (χ2v) is 8.28. The van der Waals surface area contributed by atoms with E-state index in [0.717, 1.165) is 49.8 Å². The average molecular weight is 452 g/mol. The van der Waals surface area contributed by atoms with E-state index in [-0.39, 0.29) is 19.3 Å². The molecule has 0 saturated heterocycles. The Kier molecular flexibility index (Phi) is 8.48. The molecule has 1 aliphatic heterocycles. The number of nitrogens with zero attached hydrogens (tertiary/aromatic N) is 2. The number of unbranched alkanes of at least 4 members (excludes halogenated alkanes) is 2. The first kappa shape index (κ1) is 24.5. The standard InChI is InChI=1S/C24H32F3N3O2/c1-3-5-6-8-18(4-2)28-23-21(14-31)20-9-7-12-32-15-16-13-17(24(25,26)27)10-11-19(16)22(20)29-30-23/h10-11,13,18,31H,3-9,12,14-15H2,1-2H3,(H,28,30). The minimum Gasteiger partial charge on any atom is -0.392 e. The van der Waals surface area contributed by atoms with Crippen molar-refractivity contribution < 1.29 is 23.0 Å².